The lowest BCUT2D eigenvalue weighted by molar-refractivity contribution is 0.0742. The maximum atomic E-state index is 13.7. The van der Waals surface area contributed by atoms with Gasteiger partial charge in [-0.3, -0.25) is 4.79 Å². The number of anilines is 1. The summed E-state index contributed by atoms with van der Waals surface area (Å²) < 4.78 is 26.6. The molecule has 0 bridgehead atoms. The second kappa shape index (κ2) is 5.96. The number of halogens is 2. The van der Waals surface area contributed by atoms with Crippen LogP contribution in [0.1, 0.15) is 15.4 Å². The molecule has 0 unspecified atom stereocenters. The molecule has 1 fully saturated rings. The highest BCUT2D eigenvalue weighted by molar-refractivity contribution is 7.15. The van der Waals surface area contributed by atoms with Crippen molar-refractivity contribution in [1.82, 2.24) is 15.1 Å². The maximum absolute atomic E-state index is 13.7. The Labute approximate surface area is 130 Å². The van der Waals surface area contributed by atoms with Gasteiger partial charge in [-0.25, -0.2) is 8.78 Å². The van der Waals surface area contributed by atoms with Gasteiger partial charge in [0.2, 0.25) is 5.13 Å². The smallest absolute Gasteiger partial charge is 0.256 e. The minimum atomic E-state index is -0.827. The van der Waals surface area contributed by atoms with Crippen molar-refractivity contribution in [2.45, 2.75) is 6.92 Å². The van der Waals surface area contributed by atoms with Crippen LogP contribution in [0, 0.1) is 18.6 Å². The van der Waals surface area contributed by atoms with Gasteiger partial charge in [0.25, 0.3) is 5.91 Å². The fourth-order valence-electron chi connectivity index (χ4n) is 2.35. The largest absolute Gasteiger partial charge is 0.343 e. The van der Waals surface area contributed by atoms with Crippen molar-refractivity contribution in [3.05, 3.63) is 40.4 Å². The van der Waals surface area contributed by atoms with E-state index >= 15 is 0 Å². The van der Waals surface area contributed by atoms with Gasteiger partial charge in [0, 0.05) is 32.2 Å². The third-order valence-corrected chi connectivity index (χ3v) is 4.41. The van der Waals surface area contributed by atoms with Gasteiger partial charge in [-0.1, -0.05) is 11.3 Å². The summed E-state index contributed by atoms with van der Waals surface area (Å²) in [6.07, 6.45) is 0. The highest BCUT2D eigenvalue weighted by Crippen LogP contribution is 2.21. The van der Waals surface area contributed by atoms with E-state index in [1.807, 2.05) is 6.92 Å². The molecule has 1 saturated heterocycles. The van der Waals surface area contributed by atoms with Gasteiger partial charge in [-0.15, -0.1) is 10.2 Å². The lowest BCUT2D eigenvalue weighted by atomic mass is 10.1. The van der Waals surface area contributed by atoms with Crippen molar-refractivity contribution in [2.24, 2.45) is 0 Å². The number of carbonyl (C=O) groups is 1. The lowest BCUT2D eigenvalue weighted by Crippen LogP contribution is -2.49. The Balaban J connectivity index is 1.67. The number of aryl methyl sites for hydroxylation is 1. The standard InChI is InChI=1S/C14H14F2N4OS/c1-9-17-18-14(22-9)20-6-4-19(5-7-20)13(21)11-3-2-10(15)8-12(11)16/h2-3,8H,4-7H2,1H3. The number of carbonyl (C=O) groups excluding carboxylic acids is 1. The SMILES string of the molecule is Cc1nnc(N2CCN(C(=O)c3ccc(F)cc3F)CC2)s1. The fraction of sp³-hybridized carbons (Fsp3) is 0.357. The third-order valence-electron chi connectivity index (χ3n) is 3.51. The molecule has 2 aromatic rings. The topological polar surface area (TPSA) is 49.3 Å². The van der Waals surface area contributed by atoms with Crippen molar-refractivity contribution < 1.29 is 13.6 Å². The molecule has 1 amide bonds. The molecule has 8 heteroatoms. The minimum absolute atomic E-state index is 0.0957. The van der Waals surface area contributed by atoms with Crippen molar-refractivity contribution in [3.63, 3.8) is 0 Å². The summed E-state index contributed by atoms with van der Waals surface area (Å²) in [5, 5.41) is 9.78. The van der Waals surface area contributed by atoms with Crippen LogP contribution in [0.2, 0.25) is 0 Å². The van der Waals surface area contributed by atoms with Gasteiger partial charge in [-0.05, 0) is 19.1 Å². The van der Waals surface area contributed by atoms with Gasteiger partial charge in [0.15, 0.2) is 0 Å². The molecular weight excluding hydrogens is 310 g/mol. The number of nitrogens with zero attached hydrogens (tertiary/aromatic N) is 4. The van der Waals surface area contributed by atoms with Gasteiger partial charge >= 0.3 is 0 Å². The Morgan fingerprint density at radius 1 is 1.18 bits per heavy atom. The van der Waals surface area contributed by atoms with Crippen molar-refractivity contribution in [3.8, 4) is 0 Å². The van der Waals surface area contributed by atoms with E-state index < -0.39 is 17.5 Å². The normalized spacial score (nSPS) is 15.2. The number of benzene rings is 1. The van der Waals surface area contributed by atoms with E-state index in [0.29, 0.717) is 26.2 Å². The number of hydrogen-bond acceptors (Lipinski definition) is 5. The Bertz CT molecular complexity index is 698. The van der Waals surface area contributed by atoms with Crippen LogP contribution in [0.25, 0.3) is 0 Å². The van der Waals surface area contributed by atoms with Crippen LogP contribution in [0.5, 0.6) is 0 Å². The molecule has 2 heterocycles. The van der Waals surface area contributed by atoms with Crippen LogP contribution < -0.4 is 4.90 Å². The third kappa shape index (κ3) is 2.92. The van der Waals surface area contributed by atoms with E-state index in [-0.39, 0.29) is 5.56 Å². The molecule has 22 heavy (non-hydrogen) atoms. The molecular formula is C14H14F2N4OS. The molecule has 3 rings (SSSR count). The van der Waals surface area contributed by atoms with Crippen molar-refractivity contribution >= 4 is 22.4 Å². The van der Waals surface area contributed by atoms with Crippen LogP contribution in [0.3, 0.4) is 0 Å². The van der Waals surface area contributed by atoms with E-state index in [2.05, 4.69) is 15.1 Å². The van der Waals surface area contributed by atoms with E-state index in [1.54, 1.807) is 4.90 Å². The van der Waals surface area contributed by atoms with Crippen molar-refractivity contribution in [2.75, 3.05) is 31.1 Å². The zero-order valence-corrected chi connectivity index (χ0v) is 12.7. The van der Waals surface area contributed by atoms with Crippen LogP contribution in [-0.2, 0) is 0 Å². The average molecular weight is 324 g/mol. The quantitative estimate of drug-likeness (QED) is 0.849. The molecule has 116 valence electrons. The first kappa shape index (κ1) is 14.8. The zero-order valence-electron chi connectivity index (χ0n) is 11.9. The molecule has 0 radical (unpaired) electrons. The highest BCUT2D eigenvalue weighted by atomic mass is 32.1. The maximum Gasteiger partial charge on any atom is 0.256 e. The minimum Gasteiger partial charge on any atom is -0.343 e. The Morgan fingerprint density at radius 2 is 1.91 bits per heavy atom. The van der Waals surface area contributed by atoms with E-state index in [0.717, 1.165) is 22.3 Å². The first-order valence-electron chi connectivity index (χ1n) is 6.84. The van der Waals surface area contributed by atoms with Crippen LogP contribution in [0.15, 0.2) is 18.2 Å². The molecule has 0 aliphatic carbocycles. The van der Waals surface area contributed by atoms with Crippen LogP contribution in [0.4, 0.5) is 13.9 Å². The summed E-state index contributed by atoms with van der Waals surface area (Å²) in [7, 11) is 0. The second-order valence-electron chi connectivity index (χ2n) is 5.01. The number of hydrogen-bond donors (Lipinski definition) is 0. The number of aromatic nitrogens is 2. The summed E-state index contributed by atoms with van der Waals surface area (Å²) in [6, 6.07) is 3.01. The summed E-state index contributed by atoms with van der Waals surface area (Å²) in [5.41, 5.74) is -0.0957. The van der Waals surface area contributed by atoms with Gasteiger partial charge in [0.1, 0.15) is 16.6 Å². The molecule has 1 aliphatic rings. The zero-order chi connectivity index (χ0) is 15.7. The summed E-state index contributed by atoms with van der Waals surface area (Å²) in [6.45, 7) is 4.05. The predicted octanol–water partition coefficient (Wildman–Crippen LogP) is 2.09. The highest BCUT2D eigenvalue weighted by Gasteiger charge is 2.25. The Hall–Kier alpha value is -2.09. The van der Waals surface area contributed by atoms with Crippen LogP contribution >= 0.6 is 11.3 Å². The molecule has 5 nitrogen and oxygen atoms in total. The first-order chi connectivity index (χ1) is 10.5. The van der Waals surface area contributed by atoms with E-state index in [1.165, 1.54) is 17.4 Å². The molecule has 0 saturated carbocycles. The fourth-order valence-corrected chi connectivity index (χ4v) is 3.09. The lowest BCUT2D eigenvalue weighted by Gasteiger charge is -2.34. The van der Waals surface area contributed by atoms with E-state index in [9.17, 15) is 13.6 Å². The molecule has 1 aliphatic heterocycles. The monoisotopic (exact) mass is 324 g/mol. The molecule has 0 atom stereocenters. The molecule has 1 aromatic carbocycles. The summed E-state index contributed by atoms with van der Waals surface area (Å²) >= 11 is 1.50. The molecule has 0 N–H and O–H groups in total. The first-order valence-corrected chi connectivity index (χ1v) is 7.65. The van der Waals surface area contributed by atoms with Gasteiger partial charge in [-0.2, -0.15) is 0 Å². The average Bonchev–Trinajstić information content (AvgIpc) is 2.93. The summed E-state index contributed by atoms with van der Waals surface area (Å²) in [5.74, 6) is -1.93. The Morgan fingerprint density at radius 3 is 2.50 bits per heavy atom. The second-order valence-corrected chi connectivity index (χ2v) is 6.17. The van der Waals surface area contributed by atoms with Crippen LogP contribution in [-0.4, -0.2) is 47.2 Å². The summed E-state index contributed by atoms with van der Waals surface area (Å²) in [4.78, 5) is 15.9. The van der Waals surface area contributed by atoms with Gasteiger partial charge in [0.05, 0.1) is 5.56 Å². The van der Waals surface area contributed by atoms with Gasteiger partial charge < -0.3 is 9.80 Å². The number of amides is 1. The molecule has 0 spiro atoms. The number of piperazine rings is 1. The number of rotatable bonds is 2. The van der Waals surface area contributed by atoms with E-state index in [4.69, 9.17) is 0 Å². The molecule has 1 aromatic heterocycles. The predicted molar refractivity (Wildman–Crippen MR) is 79.1 cm³/mol. The Kier molecular flexibility index (Phi) is 4.02. The van der Waals surface area contributed by atoms with Crippen molar-refractivity contribution in [1.29, 1.82) is 0 Å².